The van der Waals surface area contributed by atoms with Crippen LogP contribution in [0.25, 0.3) is 0 Å². The molecule has 0 saturated heterocycles. The van der Waals surface area contributed by atoms with E-state index >= 15 is 0 Å². The summed E-state index contributed by atoms with van der Waals surface area (Å²) in [6.45, 7) is 0. The number of benzene rings is 2. The molecule has 2 rings (SSSR count). The Kier molecular flexibility index (Phi) is 4.68. The first-order valence-electron chi connectivity index (χ1n) is 6.01. The van der Waals surface area contributed by atoms with E-state index in [0.29, 0.717) is 11.1 Å². The van der Waals surface area contributed by atoms with Gasteiger partial charge in [0, 0.05) is 6.07 Å². The standard InChI is InChI=1S/C15H12ClF3O/c16-14-7-9(1-2-15(14)19)5-13(20)6-10-3-11(17)8-12(18)4-10/h1-4,7-8,13,20H,5-6H2. The quantitative estimate of drug-likeness (QED) is 0.908. The van der Waals surface area contributed by atoms with Crippen LogP contribution in [0.1, 0.15) is 11.1 Å². The molecule has 1 N–H and O–H groups in total. The highest BCUT2D eigenvalue weighted by atomic mass is 35.5. The number of halogens is 4. The van der Waals surface area contributed by atoms with Gasteiger partial charge in [0.15, 0.2) is 0 Å². The fraction of sp³-hybridized carbons (Fsp3) is 0.200. The van der Waals surface area contributed by atoms with Gasteiger partial charge in [0.25, 0.3) is 0 Å². The number of aliphatic hydroxyl groups is 1. The fourth-order valence-electron chi connectivity index (χ4n) is 2.01. The van der Waals surface area contributed by atoms with E-state index in [9.17, 15) is 18.3 Å². The SMILES string of the molecule is OC(Cc1cc(F)cc(F)c1)Cc1ccc(F)c(Cl)c1. The molecule has 0 aliphatic heterocycles. The Hall–Kier alpha value is -1.52. The summed E-state index contributed by atoms with van der Waals surface area (Å²) in [4.78, 5) is 0. The summed E-state index contributed by atoms with van der Waals surface area (Å²) in [5, 5.41) is 9.89. The Morgan fingerprint density at radius 1 is 0.900 bits per heavy atom. The molecule has 2 aromatic carbocycles. The second-order valence-electron chi connectivity index (χ2n) is 4.59. The molecule has 0 aliphatic rings. The Balaban J connectivity index is 2.04. The van der Waals surface area contributed by atoms with E-state index in [4.69, 9.17) is 11.6 Å². The van der Waals surface area contributed by atoms with Crippen LogP contribution in [0.3, 0.4) is 0 Å². The van der Waals surface area contributed by atoms with Gasteiger partial charge in [-0.15, -0.1) is 0 Å². The largest absolute Gasteiger partial charge is 0.392 e. The maximum Gasteiger partial charge on any atom is 0.141 e. The van der Waals surface area contributed by atoms with Crippen molar-refractivity contribution in [1.29, 1.82) is 0 Å². The second-order valence-corrected chi connectivity index (χ2v) is 5.00. The van der Waals surface area contributed by atoms with Crippen LogP contribution in [0.15, 0.2) is 36.4 Å². The molecule has 1 nitrogen and oxygen atoms in total. The van der Waals surface area contributed by atoms with Crippen LogP contribution < -0.4 is 0 Å². The molecule has 0 bridgehead atoms. The van der Waals surface area contributed by atoms with Crippen LogP contribution in [-0.4, -0.2) is 11.2 Å². The lowest BCUT2D eigenvalue weighted by Crippen LogP contribution is -2.14. The van der Waals surface area contributed by atoms with Gasteiger partial charge in [0.1, 0.15) is 17.5 Å². The average molecular weight is 301 g/mol. The lowest BCUT2D eigenvalue weighted by atomic mass is 10.0. The smallest absolute Gasteiger partial charge is 0.141 e. The molecule has 0 aromatic heterocycles. The van der Waals surface area contributed by atoms with Crippen LogP contribution in [-0.2, 0) is 12.8 Å². The molecule has 0 spiro atoms. The number of aliphatic hydroxyl groups excluding tert-OH is 1. The van der Waals surface area contributed by atoms with Crippen molar-refractivity contribution in [3.8, 4) is 0 Å². The third-order valence-electron chi connectivity index (χ3n) is 2.85. The fourth-order valence-corrected chi connectivity index (χ4v) is 2.21. The summed E-state index contributed by atoms with van der Waals surface area (Å²) in [6, 6.07) is 7.26. The first-order valence-corrected chi connectivity index (χ1v) is 6.39. The summed E-state index contributed by atoms with van der Waals surface area (Å²) in [6.07, 6.45) is -0.514. The maximum absolute atomic E-state index is 13.0. The lowest BCUT2D eigenvalue weighted by Gasteiger charge is -2.11. The summed E-state index contributed by atoms with van der Waals surface area (Å²) >= 11 is 5.64. The van der Waals surface area contributed by atoms with Crippen LogP contribution in [0.2, 0.25) is 5.02 Å². The van der Waals surface area contributed by atoms with Gasteiger partial charge in [-0.1, -0.05) is 17.7 Å². The van der Waals surface area contributed by atoms with Gasteiger partial charge in [0.05, 0.1) is 11.1 Å². The highest BCUT2D eigenvalue weighted by Gasteiger charge is 2.10. The van der Waals surface area contributed by atoms with E-state index in [1.807, 2.05) is 0 Å². The van der Waals surface area contributed by atoms with E-state index in [1.165, 1.54) is 30.3 Å². The third-order valence-corrected chi connectivity index (χ3v) is 3.14. The molecular weight excluding hydrogens is 289 g/mol. The van der Waals surface area contributed by atoms with Gasteiger partial charge in [-0.25, -0.2) is 13.2 Å². The van der Waals surface area contributed by atoms with E-state index in [2.05, 4.69) is 0 Å². The Morgan fingerprint density at radius 2 is 1.50 bits per heavy atom. The zero-order valence-electron chi connectivity index (χ0n) is 10.4. The zero-order valence-corrected chi connectivity index (χ0v) is 11.2. The molecule has 5 heteroatoms. The molecular formula is C15H12ClF3O. The second kappa shape index (κ2) is 6.29. The van der Waals surface area contributed by atoms with Gasteiger partial charge in [-0.2, -0.15) is 0 Å². The molecule has 0 radical (unpaired) electrons. The number of hydrogen-bond acceptors (Lipinski definition) is 1. The first kappa shape index (κ1) is 14.9. The van der Waals surface area contributed by atoms with Crippen molar-refractivity contribution in [1.82, 2.24) is 0 Å². The Bertz CT molecular complexity index is 596. The normalized spacial score (nSPS) is 12.4. The van der Waals surface area contributed by atoms with E-state index in [-0.39, 0.29) is 17.9 Å². The van der Waals surface area contributed by atoms with Crippen molar-refractivity contribution in [2.45, 2.75) is 18.9 Å². The minimum absolute atomic E-state index is 0.0218. The predicted octanol–water partition coefficient (Wildman–Crippen LogP) is 3.90. The summed E-state index contributed by atoms with van der Waals surface area (Å²) in [5.41, 5.74) is 1.02. The Labute approximate surface area is 119 Å². The van der Waals surface area contributed by atoms with E-state index in [1.54, 1.807) is 0 Å². The van der Waals surface area contributed by atoms with Gasteiger partial charge in [-0.05, 0) is 48.2 Å². The van der Waals surface area contributed by atoms with E-state index in [0.717, 1.165) is 6.07 Å². The summed E-state index contributed by atoms with van der Waals surface area (Å²) in [7, 11) is 0. The maximum atomic E-state index is 13.0. The molecule has 20 heavy (non-hydrogen) atoms. The molecule has 0 heterocycles. The molecule has 0 amide bonds. The molecule has 0 saturated carbocycles. The third kappa shape index (κ3) is 3.99. The van der Waals surface area contributed by atoms with Gasteiger partial charge in [0.2, 0.25) is 0 Å². The molecule has 1 unspecified atom stereocenters. The van der Waals surface area contributed by atoms with E-state index < -0.39 is 23.6 Å². The van der Waals surface area contributed by atoms with Crippen LogP contribution in [0.5, 0.6) is 0 Å². The van der Waals surface area contributed by atoms with Crippen molar-refractivity contribution in [2.24, 2.45) is 0 Å². The molecule has 2 aromatic rings. The van der Waals surface area contributed by atoms with Gasteiger partial charge >= 0.3 is 0 Å². The monoisotopic (exact) mass is 300 g/mol. The van der Waals surface area contributed by atoms with Gasteiger partial charge in [-0.3, -0.25) is 0 Å². The minimum atomic E-state index is -0.835. The van der Waals surface area contributed by atoms with Gasteiger partial charge < -0.3 is 5.11 Å². The average Bonchev–Trinajstić information content (AvgIpc) is 2.32. The minimum Gasteiger partial charge on any atom is -0.392 e. The van der Waals surface area contributed by atoms with Crippen molar-refractivity contribution in [2.75, 3.05) is 0 Å². The predicted molar refractivity (Wildman–Crippen MR) is 71.2 cm³/mol. The number of rotatable bonds is 4. The Morgan fingerprint density at radius 3 is 2.10 bits per heavy atom. The van der Waals surface area contributed by atoms with Crippen molar-refractivity contribution >= 4 is 11.6 Å². The number of hydrogen-bond donors (Lipinski definition) is 1. The first-order chi connectivity index (χ1) is 9.44. The summed E-state index contributed by atoms with van der Waals surface area (Å²) < 4.78 is 39.0. The van der Waals surface area contributed by atoms with Crippen molar-refractivity contribution < 1.29 is 18.3 Å². The van der Waals surface area contributed by atoms with Crippen LogP contribution >= 0.6 is 11.6 Å². The van der Waals surface area contributed by atoms with Crippen molar-refractivity contribution in [3.63, 3.8) is 0 Å². The topological polar surface area (TPSA) is 20.2 Å². The lowest BCUT2D eigenvalue weighted by molar-refractivity contribution is 0.175. The molecule has 106 valence electrons. The zero-order chi connectivity index (χ0) is 14.7. The molecule has 0 fully saturated rings. The van der Waals surface area contributed by atoms with Crippen molar-refractivity contribution in [3.05, 3.63) is 70.0 Å². The highest BCUT2D eigenvalue weighted by Crippen LogP contribution is 2.18. The summed E-state index contributed by atoms with van der Waals surface area (Å²) in [5.74, 6) is -1.90. The van der Waals surface area contributed by atoms with Crippen LogP contribution in [0, 0.1) is 17.5 Å². The highest BCUT2D eigenvalue weighted by molar-refractivity contribution is 6.30. The van der Waals surface area contributed by atoms with Crippen LogP contribution in [0.4, 0.5) is 13.2 Å². The molecule has 1 atom stereocenters. The molecule has 0 aliphatic carbocycles.